The zero-order chi connectivity index (χ0) is 12.3. The third kappa shape index (κ3) is 3.35. The van der Waals surface area contributed by atoms with Crippen molar-refractivity contribution in [2.45, 2.75) is 38.6 Å². The first-order chi connectivity index (χ1) is 8.19. The number of ether oxygens (including phenoxy) is 2. The molecule has 17 heavy (non-hydrogen) atoms. The van der Waals surface area contributed by atoms with E-state index >= 15 is 0 Å². The number of aliphatic hydroxyl groups excluding tert-OH is 1. The van der Waals surface area contributed by atoms with Gasteiger partial charge in [-0.05, 0) is 37.5 Å². The molecule has 0 saturated carbocycles. The van der Waals surface area contributed by atoms with Crippen LogP contribution >= 0.6 is 11.6 Å². The van der Waals surface area contributed by atoms with Crippen molar-refractivity contribution in [2.75, 3.05) is 6.61 Å². The van der Waals surface area contributed by atoms with Crippen molar-refractivity contribution in [3.63, 3.8) is 0 Å². The molecule has 2 atom stereocenters. The van der Waals surface area contributed by atoms with Gasteiger partial charge >= 0.3 is 0 Å². The Morgan fingerprint density at radius 1 is 1.47 bits per heavy atom. The van der Waals surface area contributed by atoms with Gasteiger partial charge in [-0.2, -0.15) is 0 Å². The second kappa shape index (κ2) is 5.71. The summed E-state index contributed by atoms with van der Waals surface area (Å²) in [6.07, 6.45) is 2.62. The Kier molecular flexibility index (Phi) is 4.26. The van der Waals surface area contributed by atoms with E-state index < -0.39 is 0 Å². The summed E-state index contributed by atoms with van der Waals surface area (Å²) in [7, 11) is 0. The SMILES string of the molecule is CC1CCC(COc2ccc(CO)cc2Cl)O1. The number of halogens is 1. The van der Waals surface area contributed by atoms with Crippen LogP contribution in [-0.2, 0) is 11.3 Å². The minimum Gasteiger partial charge on any atom is -0.489 e. The van der Waals surface area contributed by atoms with Crippen LogP contribution in [-0.4, -0.2) is 23.9 Å². The number of benzene rings is 1. The summed E-state index contributed by atoms with van der Waals surface area (Å²) in [5, 5.41) is 9.50. The highest BCUT2D eigenvalue weighted by Gasteiger charge is 2.22. The van der Waals surface area contributed by atoms with Crippen LogP contribution in [0.2, 0.25) is 5.02 Å². The maximum atomic E-state index is 8.97. The summed E-state index contributed by atoms with van der Waals surface area (Å²) >= 11 is 6.05. The van der Waals surface area contributed by atoms with Crippen molar-refractivity contribution in [2.24, 2.45) is 0 Å². The Morgan fingerprint density at radius 3 is 2.88 bits per heavy atom. The van der Waals surface area contributed by atoms with Crippen LogP contribution in [0.15, 0.2) is 18.2 Å². The Hall–Kier alpha value is -0.770. The van der Waals surface area contributed by atoms with Gasteiger partial charge < -0.3 is 14.6 Å². The molecule has 0 bridgehead atoms. The molecule has 1 fully saturated rings. The summed E-state index contributed by atoms with van der Waals surface area (Å²) in [5.41, 5.74) is 0.785. The van der Waals surface area contributed by atoms with Crippen molar-refractivity contribution in [3.05, 3.63) is 28.8 Å². The number of aliphatic hydroxyl groups is 1. The molecule has 0 amide bonds. The number of rotatable bonds is 4. The van der Waals surface area contributed by atoms with E-state index in [-0.39, 0.29) is 12.7 Å². The van der Waals surface area contributed by atoms with Gasteiger partial charge in [0.15, 0.2) is 0 Å². The Bertz CT molecular complexity index is 381. The molecule has 2 unspecified atom stereocenters. The van der Waals surface area contributed by atoms with E-state index in [0.29, 0.717) is 23.5 Å². The van der Waals surface area contributed by atoms with Crippen LogP contribution in [0.1, 0.15) is 25.3 Å². The smallest absolute Gasteiger partial charge is 0.138 e. The van der Waals surface area contributed by atoms with Crippen molar-refractivity contribution in [1.82, 2.24) is 0 Å². The highest BCUT2D eigenvalue weighted by Crippen LogP contribution is 2.27. The van der Waals surface area contributed by atoms with E-state index in [1.165, 1.54) is 0 Å². The van der Waals surface area contributed by atoms with Crippen molar-refractivity contribution >= 4 is 11.6 Å². The van der Waals surface area contributed by atoms with E-state index in [0.717, 1.165) is 18.4 Å². The fourth-order valence-electron chi connectivity index (χ4n) is 1.95. The maximum Gasteiger partial charge on any atom is 0.138 e. The molecule has 0 aliphatic carbocycles. The van der Waals surface area contributed by atoms with Crippen LogP contribution in [0, 0.1) is 0 Å². The number of hydrogen-bond donors (Lipinski definition) is 1. The minimum atomic E-state index is -0.0107. The molecule has 1 aromatic rings. The lowest BCUT2D eigenvalue weighted by molar-refractivity contribution is 0.0265. The van der Waals surface area contributed by atoms with Crippen LogP contribution in [0.4, 0.5) is 0 Å². The van der Waals surface area contributed by atoms with Gasteiger partial charge in [-0.25, -0.2) is 0 Å². The lowest BCUT2D eigenvalue weighted by atomic mass is 10.2. The molecule has 0 spiro atoms. The zero-order valence-corrected chi connectivity index (χ0v) is 10.6. The van der Waals surface area contributed by atoms with Gasteiger partial charge in [0, 0.05) is 0 Å². The van der Waals surface area contributed by atoms with Crippen LogP contribution in [0.3, 0.4) is 0 Å². The summed E-state index contributed by atoms with van der Waals surface area (Å²) in [4.78, 5) is 0. The molecule has 1 aliphatic heterocycles. The molecule has 0 aromatic heterocycles. The van der Waals surface area contributed by atoms with E-state index in [2.05, 4.69) is 6.92 Å². The molecule has 2 rings (SSSR count). The molecule has 1 N–H and O–H groups in total. The molecule has 4 heteroatoms. The topological polar surface area (TPSA) is 38.7 Å². The molecule has 1 aromatic carbocycles. The standard InChI is InChI=1S/C13H17ClO3/c1-9-2-4-11(17-9)8-16-13-5-3-10(7-15)6-12(13)14/h3,5-6,9,11,15H,2,4,7-8H2,1H3. The van der Waals surface area contributed by atoms with Crippen LogP contribution < -0.4 is 4.74 Å². The van der Waals surface area contributed by atoms with Gasteiger partial charge in [0.25, 0.3) is 0 Å². The monoisotopic (exact) mass is 256 g/mol. The predicted octanol–water partition coefficient (Wildman–Crippen LogP) is 2.78. The van der Waals surface area contributed by atoms with Crippen molar-refractivity contribution in [3.8, 4) is 5.75 Å². The molecular weight excluding hydrogens is 240 g/mol. The first kappa shape index (κ1) is 12.7. The van der Waals surface area contributed by atoms with Crippen LogP contribution in [0.5, 0.6) is 5.75 Å². The first-order valence-electron chi connectivity index (χ1n) is 5.86. The lowest BCUT2D eigenvalue weighted by Crippen LogP contribution is -2.18. The Morgan fingerprint density at radius 2 is 2.29 bits per heavy atom. The average molecular weight is 257 g/mol. The molecule has 1 saturated heterocycles. The number of hydrogen-bond acceptors (Lipinski definition) is 3. The van der Waals surface area contributed by atoms with Gasteiger partial charge in [0.1, 0.15) is 12.4 Å². The van der Waals surface area contributed by atoms with E-state index in [9.17, 15) is 0 Å². The molecule has 1 heterocycles. The highest BCUT2D eigenvalue weighted by molar-refractivity contribution is 6.32. The van der Waals surface area contributed by atoms with Crippen molar-refractivity contribution in [1.29, 1.82) is 0 Å². The van der Waals surface area contributed by atoms with Gasteiger partial charge in [-0.1, -0.05) is 17.7 Å². The third-order valence-electron chi connectivity index (χ3n) is 2.92. The Balaban J connectivity index is 1.90. The van der Waals surface area contributed by atoms with E-state index in [4.69, 9.17) is 26.2 Å². The largest absolute Gasteiger partial charge is 0.489 e. The maximum absolute atomic E-state index is 8.97. The van der Waals surface area contributed by atoms with Crippen molar-refractivity contribution < 1.29 is 14.6 Å². The molecule has 1 aliphatic rings. The normalized spacial score (nSPS) is 23.9. The van der Waals surface area contributed by atoms with Gasteiger partial charge in [-0.3, -0.25) is 0 Å². The predicted molar refractivity (Wildman–Crippen MR) is 66.4 cm³/mol. The fraction of sp³-hybridized carbons (Fsp3) is 0.538. The lowest BCUT2D eigenvalue weighted by Gasteiger charge is -2.14. The first-order valence-corrected chi connectivity index (χ1v) is 6.24. The second-order valence-corrected chi connectivity index (χ2v) is 4.79. The molecule has 0 radical (unpaired) electrons. The molecule has 94 valence electrons. The zero-order valence-electron chi connectivity index (χ0n) is 9.86. The summed E-state index contributed by atoms with van der Waals surface area (Å²) in [5.74, 6) is 0.645. The molecule has 3 nitrogen and oxygen atoms in total. The van der Waals surface area contributed by atoms with Crippen LogP contribution in [0.25, 0.3) is 0 Å². The van der Waals surface area contributed by atoms with E-state index in [1.807, 2.05) is 0 Å². The average Bonchev–Trinajstić information content (AvgIpc) is 2.73. The Labute approximate surface area is 106 Å². The fourth-order valence-corrected chi connectivity index (χ4v) is 2.21. The van der Waals surface area contributed by atoms with Gasteiger partial charge in [-0.15, -0.1) is 0 Å². The van der Waals surface area contributed by atoms with Gasteiger partial charge in [0.05, 0.1) is 23.8 Å². The third-order valence-corrected chi connectivity index (χ3v) is 3.22. The summed E-state index contributed by atoms with van der Waals surface area (Å²) in [6, 6.07) is 5.31. The van der Waals surface area contributed by atoms with E-state index in [1.54, 1.807) is 18.2 Å². The highest BCUT2D eigenvalue weighted by atomic mass is 35.5. The van der Waals surface area contributed by atoms with Gasteiger partial charge in [0.2, 0.25) is 0 Å². The minimum absolute atomic E-state index is 0.0107. The second-order valence-electron chi connectivity index (χ2n) is 4.38. The summed E-state index contributed by atoms with van der Waals surface area (Å²) in [6.45, 7) is 2.59. The quantitative estimate of drug-likeness (QED) is 0.900. The summed E-state index contributed by atoms with van der Waals surface area (Å²) < 4.78 is 11.3. The molecular formula is C13H17ClO3.